The first-order valence-corrected chi connectivity index (χ1v) is 3.37. The van der Waals surface area contributed by atoms with Crippen molar-refractivity contribution >= 4 is 6.03 Å². The van der Waals surface area contributed by atoms with Crippen molar-refractivity contribution < 1.29 is 4.79 Å². The largest absolute Gasteiger partial charge is 0.675 e. The van der Waals surface area contributed by atoms with Gasteiger partial charge in [-0.2, -0.15) is 0 Å². The van der Waals surface area contributed by atoms with Crippen molar-refractivity contribution in [3.05, 3.63) is 5.73 Å². The Kier molecular flexibility index (Phi) is 4.66. The molecule has 4 heteroatoms. The molecule has 10 heavy (non-hydrogen) atoms. The van der Waals surface area contributed by atoms with Crippen LogP contribution in [0.1, 0.15) is 19.8 Å². The maximum atomic E-state index is 10.1. The summed E-state index contributed by atoms with van der Waals surface area (Å²) in [6.45, 7) is 2.41. The van der Waals surface area contributed by atoms with E-state index in [9.17, 15) is 4.79 Å². The molecule has 4 nitrogen and oxygen atoms in total. The molecule has 4 N–H and O–H groups in total. The summed E-state index contributed by atoms with van der Waals surface area (Å²) in [5.74, 6) is 0. The van der Waals surface area contributed by atoms with Crippen molar-refractivity contribution in [2.45, 2.75) is 25.8 Å². The van der Waals surface area contributed by atoms with Gasteiger partial charge in [-0.25, -0.2) is 4.79 Å². The molecule has 0 spiro atoms. The average molecular weight is 144 g/mol. The maximum Gasteiger partial charge on any atom is 0.312 e. The van der Waals surface area contributed by atoms with E-state index in [2.05, 4.69) is 5.32 Å². The lowest BCUT2D eigenvalue weighted by Crippen LogP contribution is -2.30. The summed E-state index contributed by atoms with van der Waals surface area (Å²) in [7, 11) is 0. The van der Waals surface area contributed by atoms with Gasteiger partial charge in [0.2, 0.25) is 0 Å². The minimum Gasteiger partial charge on any atom is -0.675 e. The van der Waals surface area contributed by atoms with Gasteiger partial charge in [-0.1, -0.05) is 13.3 Å². The molecular weight excluding hydrogens is 130 g/mol. The van der Waals surface area contributed by atoms with Gasteiger partial charge in [0.05, 0.1) is 0 Å². The molecule has 0 aromatic heterocycles. The smallest absolute Gasteiger partial charge is 0.312 e. The third-order valence-corrected chi connectivity index (χ3v) is 1.11. The molecule has 0 rings (SSSR count). The number of hydrogen-bond acceptors (Lipinski definition) is 1. The Hall–Kier alpha value is -0.770. The van der Waals surface area contributed by atoms with Gasteiger partial charge in [-0.05, 0) is 6.42 Å². The molecule has 0 aliphatic heterocycles. The zero-order valence-electron chi connectivity index (χ0n) is 6.18. The van der Waals surface area contributed by atoms with E-state index in [1.165, 1.54) is 0 Å². The molecular formula is C6H14N3O-. The predicted octanol–water partition coefficient (Wildman–Crippen LogP) is 0.876. The van der Waals surface area contributed by atoms with Crippen LogP contribution in [0.2, 0.25) is 0 Å². The van der Waals surface area contributed by atoms with Crippen molar-refractivity contribution in [2.24, 2.45) is 5.73 Å². The summed E-state index contributed by atoms with van der Waals surface area (Å²) in [5, 5.41) is 2.46. The number of carbonyl (C=O) groups excluding carboxylic acids is 1. The fourth-order valence-corrected chi connectivity index (χ4v) is 0.620. The first-order valence-electron chi connectivity index (χ1n) is 3.37. The molecule has 0 fully saturated rings. The second kappa shape index (κ2) is 5.05. The van der Waals surface area contributed by atoms with Gasteiger partial charge < -0.3 is 16.8 Å². The third kappa shape index (κ3) is 7.23. The molecule has 2 amide bonds. The van der Waals surface area contributed by atoms with E-state index in [1.807, 2.05) is 6.92 Å². The van der Waals surface area contributed by atoms with Crippen molar-refractivity contribution in [2.75, 3.05) is 6.54 Å². The van der Waals surface area contributed by atoms with Gasteiger partial charge in [0.15, 0.2) is 0 Å². The van der Waals surface area contributed by atoms with Crippen LogP contribution in [0.5, 0.6) is 0 Å². The molecule has 0 radical (unpaired) electrons. The van der Waals surface area contributed by atoms with Crippen LogP contribution >= 0.6 is 0 Å². The van der Waals surface area contributed by atoms with Crippen LogP contribution in [0.4, 0.5) is 4.79 Å². The number of urea groups is 1. The third-order valence-electron chi connectivity index (χ3n) is 1.11. The van der Waals surface area contributed by atoms with Crippen molar-refractivity contribution in [3.8, 4) is 0 Å². The Morgan fingerprint density at radius 3 is 2.80 bits per heavy atom. The minimum absolute atomic E-state index is 0.0466. The minimum atomic E-state index is -0.488. The Balaban J connectivity index is 2.98. The normalized spacial score (nSPS) is 12.6. The fourth-order valence-electron chi connectivity index (χ4n) is 0.620. The van der Waals surface area contributed by atoms with E-state index in [1.54, 1.807) is 0 Å². The van der Waals surface area contributed by atoms with Crippen LogP contribution in [0, 0.1) is 0 Å². The molecule has 0 bridgehead atoms. The lowest BCUT2D eigenvalue weighted by molar-refractivity contribution is 0.248. The molecule has 0 aliphatic carbocycles. The summed E-state index contributed by atoms with van der Waals surface area (Å²) in [4.78, 5) is 10.1. The van der Waals surface area contributed by atoms with E-state index >= 15 is 0 Å². The highest BCUT2D eigenvalue weighted by Gasteiger charge is 1.90. The fraction of sp³-hybridized carbons (Fsp3) is 0.833. The van der Waals surface area contributed by atoms with Crippen LogP contribution in [0.3, 0.4) is 0 Å². The summed E-state index contributed by atoms with van der Waals surface area (Å²) in [6, 6.07) is -0.535. The molecule has 0 aromatic rings. The van der Waals surface area contributed by atoms with Gasteiger partial charge in [0.1, 0.15) is 0 Å². The topological polar surface area (TPSA) is 78.9 Å². The van der Waals surface area contributed by atoms with Gasteiger partial charge >= 0.3 is 6.03 Å². The summed E-state index contributed by atoms with van der Waals surface area (Å²) < 4.78 is 0. The maximum absolute atomic E-state index is 10.1. The van der Waals surface area contributed by atoms with Crippen LogP contribution in [0.15, 0.2) is 0 Å². The molecule has 0 aromatic carbocycles. The van der Waals surface area contributed by atoms with E-state index in [-0.39, 0.29) is 6.04 Å². The lowest BCUT2D eigenvalue weighted by atomic mass is 10.2. The molecule has 0 aliphatic rings. The number of primary amides is 1. The van der Waals surface area contributed by atoms with Crippen molar-refractivity contribution in [1.82, 2.24) is 5.32 Å². The number of rotatable bonds is 4. The summed E-state index contributed by atoms with van der Waals surface area (Å²) in [6.07, 6.45) is 1.63. The quantitative estimate of drug-likeness (QED) is 0.564. The lowest BCUT2D eigenvalue weighted by Gasteiger charge is -2.11. The van der Waals surface area contributed by atoms with E-state index in [0.717, 1.165) is 12.8 Å². The van der Waals surface area contributed by atoms with Gasteiger partial charge in [0, 0.05) is 6.54 Å². The number of carbonyl (C=O) groups is 1. The average Bonchev–Trinajstić information content (AvgIpc) is 1.79. The predicted molar refractivity (Wildman–Crippen MR) is 40.6 cm³/mol. The number of hydrogen-bond donors (Lipinski definition) is 2. The summed E-state index contributed by atoms with van der Waals surface area (Å²) in [5.41, 5.74) is 11.9. The van der Waals surface area contributed by atoms with Crippen LogP contribution in [-0.4, -0.2) is 18.6 Å². The molecule has 0 saturated heterocycles. The van der Waals surface area contributed by atoms with Gasteiger partial charge in [0.25, 0.3) is 0 Å². The highest BCUT2D eigenvalue weighted by atomic mass is 16.2. The Morgan fingerprint density at radius 2 is 2.40 bits per heavy atom. The monoisotopic (exact) mass is 144 g/mol. The highest BCUT2D eigenvalue weighted by molar-refractivity contribution is 5.71. The second-order valence-corrected chi connectivity index (χ2v) is 2.33. The SMILES string of the molecule is CC([NH-])CCCNC(N)=O. The standard InChI is InChI=1S/C6H14N3O/c1-5(7)3-2-4-9-6(8)10/h5,7H,2-4H2,1H3,(H3,8,9,10)/q-1. The van der Waals surface area contributed by atoms with Crippen LogP contribution in [0.25, 0.3) is 5.73 Å². The van der Waals surface area contributed by atoms with Crippen LogP contribution in [-0.2, 0) is 0 Å². The Bertz CT molecular complexity index is 103. The first kappa shape index (κ1) is 9.23. The van der Waals surface area contributed by atoms with E-state index < -0.39 is 6.03 Å². The Morgan fingerprint density at radius 1 is 1.80 bits per heavy atom. The molecule has 1 unspecified atom stereocenters. The molecule has 0 saturated carbocycles. The second-order valence-electron chi connectivity index (χ2n) is 2.33. The zero-order chi connectivity index (χ0) is 7.98. The Labute approximate surface area is 61.0 Å². The number of nitrogens with one attached hydrogen (secondary N) is 2. The molecule has 1 atom stereocenters. The van der Waals surface area contributed by atoms with Crippen LogP contribution < -0.4 is 11.1 Å². The van der Waals surface area contributed by atoms with Crippen molar-refractivity contribution in [3.63, 3.8) is 0 Å². The molecule has 60 valence electrons. The molecule has 0 heterocycles. The number of nitrogens with two attached hydrogens (primary N) is 1. The summed E-state index contributed by atoms with van der Waals surface area (Å²) >= 11 is 0. The number of amides is 2. The highest BCUT2D eigenvalue weighted by Crippen LogP contribution is 1.96. The van der Waals surface area contributed by atoms with Gasteiger partial charge in [-0.3, -0.25) is 0 Å². The van der Waals surface area contributed by atoms with Crippen molar-refractivity contribution in [1.29, 1.82) is 0 Å². The van der Waals surface area contributed by atoms with E-state index in [0.29, 0.717) is 6.54 Å². The first-order chi connectivity index (χ1) is 4.63. The van der Waals surface area contributed by atoms with E-state index in [4.69, 9.17) is 11.5 Å². The van der Waals surface area contributed by atoms with Gasteiger partial charge in [-0.15, -0.1) is 6.04 Å². The zero-order valence-corrected chi connectivity index (χ0v) is 6.18.